The van der Waals surface area contributed by atoms with Crippen molar-refractivity contribution in [3.05, 3.63) is 58.1 Å². The second-order valence-electron chi connectivity index (χ2n) is 6.63. The maximum atomic E-state index is 12.7. The van der Waals surface area contributed by atoms with Gasteiger partial charge in [0, 0.05) is 10.0 Å². The van der Waals surface area contributed by atoms with Crippen LogP contribution in [0.4, 0.5) is 5.69 Å². The molecule has 2 aromatic rings. The summed E-state index contributed by atoms with van der Waals surface area (Å²) in [6.45, 7) is 8.23. The first-order chi connectivity index (χ1) is 12.8. The lowest BCUT2D eigenvalue weighted by atomic mass is 10.0. The van der Waals surface area contributed by atoms with Gasteiger partial charge in [0.05, 0.1) is 12.3 Å². The molecule has 27 heavy (non-hydrogen) atoms. The van der Waals surface area contributed by atoms with Crippen molar-refractivity contribution < 1.29 is 14.3 Å². The standard InChI is InChI=1S/C21H25BrN2O3/c1-5-27-16-9-7-15(8-10-16)20(25)24-19(13(2)3)21(26)23-18-11-6-14(4)12-17(18)22/h6-13,19H,5H2,1-4H3,(H,23,26)(H,24,25)/t19-/m0/s1. The average Bonchev–Trinajstić information content (AvgIpc) is 2.62. The fourth-order valence-electron chi connectivity index (χ4n) is 2.56. The number of hydrogen-bond acceptors (Lipinski definition) is 3. The van der Waals surface area contributed by atoms with E-state index < -0.39 is 6.04 Å². The molecule has 144 valence electrons. The number of carbonyl (C=O) groups excluding carboxylic acids is 2. The minimum absolute atomic E-state index is 0.0686. The van der Waals surface area contributed by atoms with E-state index in [2.05, 4.69) is 26.6 Å². The largest absolute Gasteiger partial charge is 0.494 e. The summed E-state index contributed by atoms with van der Waals surface area (Å²) in [5, 5.41) is 5.71. The maximum absolute atomic E-state index is 12.7. The number of carbonyl (C=O) groups is 2. The highest BCUT2D eigenvalue weighted by Gasteiger charge is 2.25. The molecule has 0 aliphatic rings. The molecule has 0 fully saturated rings. The molecule has 0 radical (unpaired) electrons. The Morgan fingerprint density at radius 3 is 2.33 bits per heavy atom. The number of amides is 2. The fourth-order valence-corrected chi connectivity index (χ4v) is 3.15. The predicted molar refractivity (Wildman–Crippen MR) is 111 cm³/mol. The third-order valence-corrected chi connectivity index (χ3v) is 4.70. The van der Waals surface area contributed by atoms with Crippen LogP contribution in [0.1, 0.15) is 36.7 Å². The van der Waals surface area contributed by atoms with Crippen molar-refractivity contribution in [2.45, 2.75) is 33.7 Å². The van der Waals surface area contributed by atoms with Gasteiger partial charge in [-0.05, 0) is 77.7 Å². The highest BCUT2D eigenvalue weighted by atomic mass is 79.9. The van der Waals surface area contributed by atoms with Gasteiger partial charge in [0.15, 0.2) is 0 Å². The number of rotatable bonds is 7. The van der Waals surface area contributed by atoms with Crippen LogP contribution in [0.25, 0.3) is 0 Å². The van der Waals surface area contributed by atoms with E-state index in [1.165, 1.54) is 0 Å². The molecule has 0 aromatic heterocycles. The third kappa shape index (κ3) is 5.82. The number of benzene rings is 2. The van der Waals surface area contributed by atoms with Crippen molar-refractivity contribution in [1.82, 2.24) is 5.32 Å². The Morgan fingerprint density at radius 1 is 1.11 bits per heavy atom. The van der Waals surface area contributed by atoms with E-state index in [1.54, 1.807) is 24.3 Å². The molecule has 0 spiro atoms. The molecule has 2 aromatic carbocycles. The van der Waals surface area contributed by atoms with Crippen molar-refractivity contribution >= 4 is 33.4 Å². The van der Waals surface area contributed by atoms with E-state index in [1.807, 2.05) is 45.9 Å². The van der Waals surface area contributed by atoms with Crippen LogP contribution in [0.5, 0.6) is 5.75 Å². The predicted octanol–water partition coefficient (Wildman–Crippen LogP) is 4.55. The molecule has 0 bridgehead atoms. The molecule has 0 saturated carbocycles. The molecule has 1 atom stereocenters. The molecule has 0 heterocycles. The van der Waals surface area contributed by atoms with Crippen LogP contribution in [-0.2, 0) is 4.79 Å². The lowest BCUT2D eigenvalue weighted by molar-refractivity contribution is -0.118. The van der Waals surface area contributed by atoms with Crippen molar-refractivity contribution in [2.24, 2.45) is 5.92 Å². The summed E-state index contributed by atoms with van der Waals surface area (Å²) >= 11 is 3.45. The van der Waals surface area contributed by atoms with E-state index in [0.29, 0.717) is 23.6 Å². The molecule has 2 rings (SSSR count). The second kappa shape index (κ2) is 9.55. The number of nitrogens with one attached hydrogen (secondary N) is 2. The Hall–Kier alpha value is -2.34. The van der Waals surface area contributed by atoms with Gasteiger partial charge in [-0.3, -0.25) is 9.59 Å². The summed E-state index contributed by atoms with van der Waals surface area (Å²) in [5.41, 5.74) is 2.24. The summed E-state index contributed by atoms with van der Waals surface area (Å²) in [7, 11) is 0. The Balaban J connectivity index is 2.09. The number of anilines is 1. The summed E-state index contributed by atoms with van der Waals surface area (Å²) < 4.78 is 6.19. The molecule has 6 heteroatoms. The van der Waals surface area contributed by atoms with Gasteiger partial charge in [0.2, 0.25) is 5.91 Å². The first-order valence-corrected chi connectivity index (χ1v) is 9.71. The molecular weight excluding hydrogens is 408 g/mol. The smallest absolute Gasteiger partial charge is 0.251 e. The Morgan fingerprint density at radius 2 is 1.78 bits per heavy atom. The Labute approximate surface area is 168 Å². The molecule has 5 nitrogen and oxygen atoms in total. The third-order valence-electron chi connectivity index (χ3n) is 4.05. The zero-order chi connectivity index (χ0) is 20.0. The normalized spacial score (nSPS) is 11.8. The highest BCUT2D eigenvalue weighted by Crippen LogP contribution is 2.24. The van der Waals surface area contributed by atoms with Gasteiger partial charge in [-0.1, -0.05) is 19.9 Å². The zero-order valence-corrected chi connectivity index (χ0v) is 17.6. The SMILES string of the molecule is CCOc1ccc(C(=O)N[C@H](C(=O)Nc2ccc(C)cc2Br)C(C)C)cc1. The average molecular weight is 433 g/mol. The van der Waals surface area contributed by atoms with E-state index >= 15 is 0 Å². The summed E-state index contributed by atoms with van der Waals surface area (Å²) in [6, 6.07) is 11.9. The first-order valence-electron chi connectivity index (χ1n) is 8.92. The summed E-state index contributed by atoms with van der Waals surface area (Å²) in [5.74, 6) is 0.0843. The van der Waals surface area contributed by atoms with Crippen LogP contribution in [0.3, 0.4) is 0 Å². The van der Waals surface area contributed by atoms with Crippen LogP contribution in [0.2, 0.25) is 0 Å². The minimum atomic E-state index is -0.655. The van der Waals surface area contributed by atoms with Gasteiger partial charge in [0.25, 0.3) is 5.91 Å². The molecule has 2 amide bonds. The molecule has 0 saturated heterocycles. The monoisotopic (exact) mass is 432 g/mol. The molecule has 0 aliphatic heterocycles. The van der Waals surface area contributed by atoms with E-state index in [-0.39, 0.29) is 17.7 Å². The van der Waals surface area contributed by atoms with Crippen LogP contribution in [0.15, 0.2) is 46.9 Å². The van der Waals surface area contributed by atoms with Gasteiger partial charge in [-0.15, -0.1) is 0 Å². The maximum Gasteiger partial charge on any atom is 0.251 e. The van der Waals surface area contributed by atoms with E-state index in [4.69, 9.17) is 4.74 Å². The highest BCUT2D eigenvalue weighted by molar-refractivity contribution is 9.10. The van der Waals surface area contributed by atoms with Crippen molar-refractivity contribution in [1.29, 1.82) is 0 Å². The van der Waals surface area contributed by atoms with E-state index in [9.17, 15) is 9.59 Å². The number of ether oxygens (including phenoxy) is 1. The second-order valence-corrected chi connectivity index (χ2v) is 7.48. The minimum Gasteiger partial charge on any atom is -0.494 e. The van der Waals surface area contributed by atoms with Crippen molar-refractivity contribution in [3.8, 4) is 5.75 Å². The lowest BCUT2D eigenvalue weighted by Crippen LogP contribution is -2.47. The van der Waals surface area contributed by atoms with Crippen LogP contribution in [-0.4, -0.2) is 24.5 Å². The van der Waals surface area contributed by atoms with Gasteiger partial charge in [-0.2, -0.15) is 0 Å². The quantitative estimate of drug-likeness (QED) is 0.673. The van der Waals surface area contributed by atoms with E-state index in [0.717, 1.165) is 10.0 Å². The summed E-state index contributed by atoms with van der Waals surface area (Å²) in [6.07, 6.45) is 0. The number of hydrogen-bond donors (Lipinski definition) is 2. The first kappa shape index (κ1) is 21.0. The molecule has 0 unspecified atom stereocenters. The molecular formula is C21H25BrN2O3. The Kier molecular flexibility index (Phi) is 7.42. The van der Waals surface area contributed by atoms with Crippen LogP contribution < -0.4 is 15.4 Å². The van der Waals surface area contributed by atoms with Crippen LogP contribution >= 0.6 is 15.9 Å². The molecule has 2 N–H and O–H groups in total. The van der Waals surface area contributed by atoms with Gasteiger partial charge in [-0.25, -0.2) is 0 Å². The molecule has 0 aliphatic carbocycles. The van der Waals surface area contributed by atoms with Gasteiger partial charge >= 0.3 is 0 Å². The van der Waals surface area contributed by atoms with Gasteiger partial charge < -0.3 is 15.4 Å². The Bertz CT molecular complexity index is 804. The fraction of sp³-hybridized carbons (Fsp3) is 0.333. The van der Waals surface area contributed by atoms with Gasteiger partial charge in [0.1, 0.15) is 11.8 Å². The number of halogens is 1. The zero-order valence-electron chi connectivity index (χ0n) is 16.0. The topological polar surface area (TPSA) is 67.4 Å². The lowest BCUT2D eigenvalue weighted by Gasteiger charge is -2.22. The van der Waals surface area contributed by atoms with Crippen LogP contribution in [0, 0.1) is 12.8 Å². The summed E-state index contributed by atoms with van der Waals surface area (Å²) in [4.78, 5) is 25.3. The van der Waals surface area contributed by atoms with Crippen molar-refractivity contribution in [2.75, 3.05) is 11.9 Å². The van der Waals surface area contributed by atoms with Crippen molar-refractivity contribution in [3.63, 3.8) is 0 Å². The number of aryl methyl sites for hydroxylation is 1.